The van der Waals surface area contributed by atoms with Gasteiger partial charge in [0, 0.05) is 4.88 Å². The van der Waals surface area contributed by atoms with Gasteiger partial charge in [0.1, 0.15) is 0 Å². The monoisotopic (exact) mass is 182 g/mol. The highest BCUT2D eigenvalue weighted by Gasteiger charge is 2.19. The molecule has 1 aromatic heterocycles. The van der Waals surface area contributed by atoms with E-state index in [0.29, 0.717) is 0 Å². The van der Waals surface area contributed by atoms with E-state index in [0.717, 1.165) is 17.8 Å². The summed E-state index contributed by atoms with van der Waals surface area (Å²) in [6, 6.07) is 4.41. The standard InChI is InChI=1S/C11H18S/c1-8(2)11(9(3)4)10-6-5-7-12-10/h5-9,11H,1-4H3. The van der Waals surface area contributed by atoms with Crippen molar-refractivity contribution in [2.24, 2.45) is 11.8 Å². The van der Waals surface area contributed by atoms with Crippen molar-refractivity contribution in [2.75, 3.05) is 0 Å². The van der Waals surface area contributed by atoms with Crippen molar-refractivity contribution < 1.29 is 0 Å². The van der Waals surface area contributed by atoms with Crippen LogP contribution in [-0.4, -0.2) is 0 Å². The van der Waals surface area contributed by atoms with Crippen LogP contribution in [0.3, 0.4) is 0 Å². The van der Waals surface area contributed by atoms with Gasteiger partial charge in [-0.3, -0.25) is 0 Å². The van der Waals surface area contributed by atoms with Gasteiger partial charge in [0.15, 0.2) is 0 Å². The van der Waals surface area contributed by atoms with Gasteiger partial charge in [0.2, 0.25) is 0 Å². The molecule has 1 aromatic rings. The van der Waals surface area contributed by atoms with E-state index in [-0.39, 0.29) is 0 Å². The van der Waals surface area contributed by atoms with Crippen molar-refractivity contribution >= 4 is 11.3 Å². The SMILES string of the molecule is CC(C)C(c1cccs1)C(C)C. The Labute approximate surface area is 79.6 Å². The Bertz CT molecular complexity index is 201. The van der Waals surface area contributed by atoms with Crippen LogP contribution in [0.2, 0.25) is 0 Å². The van der Waals surface area contributed by atoms with Crippen LogP contribution in [0.15, 0.2) is 17.5 Å². The van der Waals surface area contributed by atoms with Crippen molar-refractivity contribution in [3.8, 4) is 0 Å². The average Bonchev–Trinajstić information content (AvgIpc) is 2.37. The molecule has 0 amide bonds. The molecule has 0 atom stereocenters. The van der Waals surface area contributed by atoms with Gasteiger partial charge in [-0.25, -0.2) is 0 Å². The fraction of sp³-hybridized carbons (Fsp3) is 0.636. The highest BCUT2D eigenvalue weighted by molar-refractivity contribution is 7.10. The summed E-state index contributed by atoms with van der Waals surface area (Å²) in [6.45, 7) is 9.24. The van der Waals surface area contributed by atoms with E-state index in [1.165, 1.54) is 0 Å². The van der Waals surface area contributed by atoms with Crippen LogP contribution in [0.25, 0.3) is 0 Å². The third-order valence-corrected chi connectivity index (χ3v) is 3.28. The molecule has 0 spiro atoms. The van der Waals surface area contributed by atoms with Crippen molar-refractivity contribution in [1.29, 1.82) is 0 Å². The average molecular weight is 182 g/mol. The minimum atomic E-state index is 0.741. The molecule has 0 fully saturated rings. The second-order valence-corrected chi connectivity index (χ2v) is 5.01. The maximum Gasteiger partial charge on any atom is 0.00812 e. The molecule has 1 heteroatoms. The Hall–Kier alpha value is -0.300. The minimum absolute atomic E-state index is 0.741. The molecule has 0 radical (unpaired) electrons. The largest absolute Gasteiger partial charge is 0.149 e. The third-order valence-electron chi connectivity index (χ3n) is 2.31. The molecule has 1 rings (SSSR count). The van der Waals surface area contributed by atoms with E-state index in [1.807, 2.05) is 11.3 Å². The maximum absolute atomic E-state index is 2.31. The predicted molar refractivity (Wildman–Crippen MR) is 56.7 cm³/mol. The first kappa shape index (κ1) is 9.79. The number of hydrogen-bond acceptors (Lipinski definition) is 1. The summed E-state index contributed by atoms with van der Waals surface area (Å²) >= 11 is 1.89. The first-order chi connectivity index (χ1) is 5.63. The lowest BCUT2D eigenvalue weighted by atomic mass is 9.84. The summed E-state index contributed by atoms with van der Waals surface area (Å²) in [5.41, 5.74) is 0. The summed E-state index contributed by atoms with van der Waals surface area (Å²) in [7, 11) is 0. The van der Waals surface area contributed by atoms with Crippen LogP contribution in [0.5, 0.6) is 0 Å². The summed E-state index contributed by atoms with van der Waals surface area (Å²) < 4.78 is 0. The molecule has 0 aliphatic heterocycles. The topological polar surface area (TPSA) is 0 Å². The number of thiophene rings is 1. The van der Waals surface area contributed by atoms with Crippen LogP contribution >= 0.6 is 11.3 Å². The molecule has 0 nitrogen and oxygen atoms in total. The van der Waals surface area contributed by atoms with Crippen molar-refractivity contribution in [3.05, 3.63) is 22.4 Å². The van der Waals surface area contributed by atoms with E-state index in [4.69, 9.17) is 0 Å². The fourth-order valence-corrected chi connectivity index (χ4v) is 3.08. The van der Waals surface area contributed by atoms with Crippen molar-refractivity contribution in [1.82, 2.24) is 0 Å². The summed E-state index contributed by atoms with van der Waals surface area (Å²) in [4.78, 5) is 1.54. The van der Waals surface area contributed by atoms with Gasteiger partial charge in [-0.15, -0.1) is 11.3 Å². The Morgan fingerprint density at radius 2 is 1.67 bits per heavy atom. The lowest BCUT2D eigenvalue weighted by Gasteiger charge is -2.23. The zero-order valence-corrected chi connectivity index (χ0v) is 9.19. The lowest BCUT2D eigenvalue weighted by molar-refractivity contribution is 0.393. The van der Waals surface area contributed by atoms with Gasteiger partial charge in [-0.1, -0.05) is 33.8 Å². The van der Waals surface area contributed by atoms with Crippen LogP contribution in [0, 0.1) is 11.8 Å². The van der Waals surface area contributed by atoms with Crippen LogP contribution in [-0.2, 0) is 0 Å². The first-order valence-corrected chi connectivity index (χ1v) is 5.54. The number of hydrogen-bond donors (Lipinski definition) is 0. The number of rotatable bonds is 3. The molecule has 0 aliphatic carbocycles. The molecule has 0 N–H and O–H groups in total. The highest BCUT2D eigenvalue weighted by atomic mass is 32.1. The van der Waals surface area contributed by atoms with E-state index < -0.39 is 0 Å². The molecule has 0 saturated heterocycles. The molecule has 0 unspecified atom stereocenters. The van der Waals surface area contributed by atoms with Gasteiger partial charge < -0.3 is 0 Å². The molecular formula is C11H18S. The van der Waals surface area contributed by atoms with Crippen LogP contribution in [0.1, 0.15) is 38.5 Å². The quantitative estimate of drug-likeness (QED) is 0.659. The van der Waals surface area contributed by atoms with Crippen LogP contribution in [0.4, 0.5) is 0 Å². The molecule has 68 valence electrons. The molecule has 12 heavy (non-hydrogen) atoms. The van der Waals surface area contributed by atoms with Gasteiger partial charge in [0.05, 0.1) is 0 Å². The van der Waals surface area contributed by atoms with E-state index in [2.05, 4.69) is 45.2 Å². The van der Waals surface area contributed by atoms with Crippen molar-refractivity contribution in [2.45, 2.75) is 33.6 Å². The Kier molecular flexibility index (Phi) is 3.33. The first-order valence-electron chi connectivity index (χ1n) is 4.66. The predicted octanol–water partition coefficient (Wildman–Crippen LogP) is 4.14. The summed E-state index contributed by atoms with van der Waals surface area (Å²) in [5.74, 6) is 2.25. The minimum Gasteiger partial charge on any atom is -0.149 e. The second kappa shape index (κ2) is 4.08. The maximum atomic E-state index is 2.31. The second-order valence-electron chi connectivity index (χ2n) is 4.03. The summed E-state index contributed by atoms with van der Waals surface area (Å²) in [6.07, 6.45) is 0. The molecule has 0 saturated carbocycles. The molecule has 1 heterocycles. The molecule has 0 bridgehead atoms. The Morgan fingerprint density at radius 3 is 2.00 bits per heavy atom. The van der Waals surface area contributed by atoms with E-state index in [9.17, 15) is 0 Å². The van der Waals surface area contributed by atoms with Gasteiger partial charge in [-0.05, 0) is 29.2 Å². The Balaban J connectivity index is 2.81. The van der Waals surface area contributed by atoms with E-state index in [1.54, 1.807) is 4.88 Å². The highest BCUT2D eigenvalue weighted by Crippen LogP contribution is 2.34. The third kappa shape index (κ3) is 2.10. The van der Waals surface area contributed by atoms with Gasteiger partial charge in [0.25, 0.3) is 0 Å². The smallest absolute Gasteiger partial charge is 0.00812 e. The van der Waals surface area contributed by atoms with Crippen LogP contribution < -0.4 is 0 Å². The van der Waals surface area contributed by atoms with E-state index >= 15 is 0 Å². The normalized spacial score (nSPS) is 11.9. The van der Waals surface area contributed by atoms with Crippen molar-refractivity contribution in [3.63, 3.8) is 0 Å². The molecular weight excluding hydrogens is 164 g/mol. The fourth-order valence-electron chi connectivity index (χ4n) is 1.91. The zero-order valence-electron chi connectivity index (χ0n) is 8.37. The molecule has 0 aromatic carbocycles. The lowest BCUT2D eigenvalue weighted by Crippen LogP contribution is -2.11. The zero-order chi connectivity index (χ0) is 9.14. The van der Waals surface area contributed by atoms with Gasteiger partial charge in [-0.2, -0.15) is 0 Å². The molecule has 0 aliphatic rings. The van der Waals surface area contributed by atoms with Gasteiger partial charge >= 0.3 is 0 Å². The Morgan fingerprint density at radius 1 is 1.08 bits per heavy atom. The summed E-state index contributed by atoms with van der Waals surface area (Å²) in [5, 5.41) is 2.17.